The lowest BCUT2D eigenvalue weighted by Gasteiger charge is -2.14. The molecule has 24 heavy (non-hydrogen) atoms. The van der Waals surface area contributed by atoms with Crippen LogP contribution in [0.25, 0.3) is 5.69 Å². The van der Waals surface area contributed by atoms with Crippen molar-refractivity contribution in [2.45, 2.75) is 31.7 Å². The molecule has 2 N–H and O–H groups in total. The number of hydrogen-bond acceptors (Lipinski definition) is 3. The zero-order chi connectivity index (χ0) is 16.8. The second-order valence-corrected chi connectivity index (χ2v) is 7.28. The van der Waals surface area contributed by atoms with E-state index >= 15 is 0 Å². The molecule has 0 unspecified atom stereocenters. The molecular formula is C17H18Cl2N4O. The van der Waals surface area contributed by atoms with Crippen LogP contribution in [0.2, 0.25) is 10.0 Å². The fraction of sp³-hybridized carbons (Fsp3) is 0.412. The van der Waals surface area contributed by atoms with Crippen molar-refractivity contribution >= 4 is 29.1 Å². The molecule has 1 aromatic heterocycles. The van der Waals surface area contributed by atoms with Gasteiger partial charge in [0.05, 0.1) is 10.7 Å². The highest BCUT2D eigenvalue weighted by atomic mass is 35.5. The summed E-state index contributed by atoms with van der Waals surface area (Å²) in [6, 6.07) is 5.39. The van der Waals surface area contributed by atoms with Crippen LogP contribution >= 0.6 is 23.2 Å². The summed E-state index contributed by atoms with van der Waals surface area (Å²) in [5, 5.41) is 5.73. The quantitative estimate of drug-likeness (QED) is 0.890. The first-order valence-corrected chi connectivity index (χ1v) is 8.91. The van der Waals surface area contributed by atoms with Crippen LogP contribution in [-0.4, -0.2) is 39.7 Å². The van der Waals surface area contributed by atoms with E-state index in [4.69, 9.17) is 28.9 Å². The van der Waals surface area contributed by atoms with Crippen molar-refractivity contribution in [3.63, 3.8) is 0 Å². The minimum Gasteiger partial charge on any atom is -0.336 e. The molecule has 0 spiro atoms. The third-order valence-electron chi connectivity index (χ3n) is 4.78. The van der Waals surface area contributed by atoms with Crippen LogP contribution in [0, 0.1) is 0 Å². The van der Waals surface area contributed by atoms with Gasteiger partial charge < -0.3 is 10.6 Å². The Kier molecular flexibility index (Phi) is 4.03. The SMILES string of the molecule is N[C@H]1CCN(C(=O)c2nn(-c3ccc(Cl)cc3Cl)c3c2CCC3)C1. The van der Waals surface area contributed by atoms with Crippen LogP contribution in [0.4, 0.5) is 0 Å². The highest BCUT2D eigenvalue weighted by Crippen LogP contribution is 2.32. The van der Waals surface area contributed by atoms with E-state index in [-0.39, 0.29) is 11.9 Å². The number of halogens is 2. The van der Waals surface area contributed by atoms with Gasteiger partial charge in [0.1, 0.15) is 0 Å². The van der Waals surface area contributed by atoms with Gasteiger partial charge in [0.15, 0.2) is 5.69 Å². The Labute approximate surface area is 150 Å². The topological polar surface area (TPSA) is 64.2 Å². The van der Waals surface area contributed by atoms with Crippen molar-refractivity contribution < 1.29 is 4.79 Å². The lowest BCUT2D eigenvalue weighted by Crippen LogP contribution is -2.32. The normalized spacial score (nSPS) is 19.8. The highest BCUT2D eigenvalue weighted by molar-refractivity contribution is 6.35. The van der Waals surface area contributed by atoms with E-state index in [1.807, 2.05) is 10.7 Å². The molecule has 2 heterocycles. The van der Waals surface area contributed by atoms with Gasteiger partial charge in [0, 0.05) is 35.4 Å². The number of carbonyl (C=O) groups is 1. The predicted octanol–water partition coefficient (Wildman–Crippen LogP) is 2.84. The zero-order valence-electron chi connectivity index (χ0n) is 13.1. The fourth-order valence-electron chi connectivity index (χ4n) is 3.58. The van der Waals surface area contributed by atoms with Crippen molar-refractivity contribution in [2.75, 3.05) is 13.1 Å². The molecule has 126 valence electrons. The maximum absolute atomic E-state index is 12.9. The van der Waals surface area contributed by atoms with Gasteiger partial charge in [0.2, 0.25) is 0 Å². The molecule has 2 aromatic rings. The highest BCUT2D eigenvalue weighted by Gasteiger charge is 2.32. The van der Waals surface area contributed by atoms with Crippen molar-refractivity contribution in [1.82, 2.24) is 14.7 Å². The minimum absolute atomic E-state index is 0.0232. The molecular weight excluding hydrogens is 347 g/mol. The Bertz CT molecular complexity index is 817. The van der Waals surface area contributed by atoms with Gasteiger partial charge in [-0.1, -0.05) is 23.2 Å². The van der Waals surface area contributed by atoms with E-state index in [2.05, 4.69) is 5.10 Å². The van der Waals surface area contributed by atoms with Gasteiger partial charge >= 0.3 is 0 Å². The van der Waals surface area contributed by atoms with E-state index in [9.17, 15) is 4.79 Å². The minimum atomic E-state index is -0.0232. The summed E-state index contributed by atoms with van der Waals surface area (Å²) in [5.41, 5.74) is 9.36. The third kappa shape index (κ3) is 2.61. The molecule has 1 atom stereocenters. The second-order valence-electron chi connectivity index (χ2n) is 6.43. The lowest BCUT2D eigenvalue weighted by molar-refractivity contribution is 0.0783. The number of aromatic nitrogens is 2. The number of rotatable bonds is 2. The Morgan fingerprint density at radius 1 is 1.29 bits per heavy atom. The van der Waals surface area contributed by atoms with Crippen LogP contribution < -0.4 is 5.73 Å². The first kappa shape index (κ1) is 15.9. The molecule has 4 rings (SSSR count). The molecule has 0 saturated carbocycles. The molecule has 1 aliphatic heterocycles. The smallest absolute Gasteiger partial charge is 0.274 e. The molecule has 1 fully saturated rings. The molecule has 0 bridgehead atoms. The van der Waals surface area contributed by atoms with Crippen LogP contribution in [0.15, 0.2) is 18.2 Å². The average molecular weight is 365 g/mol. The standard InChI is InChI=1S/C17H18Cl2N4O/c18-10-4-5-15(13(19)8-10)23-14-3-1-2-12(14)16(21-23)17(24)22-7-6-11(20)9-22/h4-5,8,11H,1-3,6-7,9,20H2/t11-/m0/s1. The summed E-state index contributed by atoms with van der Waals surface area (Å²) in [4.78, 5) is 14.7. The van der Waals surface area contributed by atoms with Crippen molar-refractivity contribution in [3.8, 4) is 5.69 Å². The summed E-state index contributed by atoms with van der Waals surface area (Å²) in [6.07, 6.45) is 3.64. The van der Waals surface area contributed by atoms with Crippen LogP contribution in [0.1, 0.15) is 34.6 Å². The Morgan fingerprint density at radius 3 is 2.83 bits per heavy atom. The van der Waals surface area contributed by atoms with Gasteiger partial charge in [0.25, 0.3) is 5.91 Å². The Hall–Kier alpha value is -1.56. The summed E-state index contributed by atoms with van der Waals surface area (Å²) >= 11 is 12.3. The molecule has 0 radical (unpaired) electrons. The van der Waals surface area contributed by atoms with Crippen LogP contribution in [0.3, 0.4) is 0 Å². The maximum Gasteiger partial charge on any atom is 0.274 e. The van der Waals surface area contributed by atoms with Crippen molar-refractivity contribution in [3.05, 3.63) is 45.2 Å². The van der Waals surface area contributed by atoms with E-state index in [0.29, 0.717) is 28.8 Å². The predicted molar refractivity (Wildman–Crippen MR) is 94.1 cm³/mol. The van der Waals surface area contributed by atoms with Crippen LogP contribution in [0.5, 0.6) is 0 Å². The lowest BCUT2D eigenvalue weighted by atomic mass is 10.2. The first-order valence-electron chi connectivity index (χ1n) is 8.15. The molecule has 1 amide bonds. The molecule has 1 saturated heterocycles. The number of fused-ring (bicyclic) bond motifs is 1. The number of nitrogens with zero attached hydrogens (tertiary/aromatic N) is 3. The number of likely N-dealkylation sites (tertiary alicyclic amines) is 1. The van der Waals surface area contributed by atoms with Crippen molar-refractivity contribution in [1.29, 1.82) is 0 Å². The van der Waals surface area contributed by atoms with Gasteiger partial charge in [-0.3, -0.25) is 4.79 Å². The maximum atomic E-state index is 12.9. The number of hydrogen-bond donors (Lipinski definition) is 1. The summed E-state index contributed by atoms with van der Waals surface area (Å²) < 4.78 is 1.81. The monoisotopic (exact) mass is 364 g/mol. The van der Waals surface area contributed by atoms with E-state index in [1.54, 1.807) is 17.0 Å². The van der Waals surface area contributed by atoms with E-state index in [1.165, 1.54) is 0 Å². The molecule has 1 aliphatic carbocycles. The second kappa shape index (κ2) is 6.06. The summed E-state index contributed by atoms with van der Waals surface area (Å²) in [6.45, 7) is 1.30. The molecule has 1 aromatic carbocycles. The summed E-state index contributed by atoms with van der Waals surface area (Å²) in [5.74, 6) is -0.0232. The van der Waals surface area contributed by atoms with Gasteiger partial charge in [-0.25, -0.2) is 4.68 Å². The number of benzene rings is 1. The van der Waals surface area contributed by atoms with Crippen molar-refractivity contribution in [2.24, 2.45) is 5.73 Å². The zero-order valence-corrected chi connectivity index (χ0v) is 14.6. The Balaban J connectivity index is 1.76. The van der Waals surface area contributed by atoms with Crippen LogP contribution in [-0.2, 0) is 12.8 Å². The Morgan fingerprint density at radius 2 is 2.12 bits per heavy atom. The fourth-order valence-corrected chi connectivity index (χ4v) is 4.07. The summed E-state index contributed by atoms with van der Waals surface area (Å²) in [7, 11) is 0. The molecule has 5 nitrogen and oxygen atoms in total. The number of amides is 1. The van der Waals surface area contributed by atoms with Gasteiger partial charge in [-0.05, 0) is 43.9 Å². The molecule has 7 heteroatoms. The number of carbonyl (C=O) groups excluding carboxylic acids is 1. The van der Waals surface area contributed by atoms with Gasteiger partial charge in [-0.15, -0.1) is 0 Å². The van der Waals surface area contributed by atoms with E-state index < -0.39 is 0 Å². The third-order valence-corrected chi connectivity index (χ3v) is 5.32. The average Bonchev–Trinajstić information content (AvgIpc) is 3.23. The van der Waals surface area contributed by atoms with E-state index in [0.717, 1.165) is 42.6 Å². The largest absolute Gasteiger partial charge is 0.336 e. The first-order chi connectivity index (χ1) is 11.5. The number of nitrogens with two attached hydrogens (primary N) is 1. The van der Waals surface area contributed by atoms with Gasteiger partial charge in [-0.2, -0.15) is 5.10 Å². The molecule has 2 aliphatic rings.